The molecule has 0 unspecified atom stereocenters. The Hall–Kier alpha value is -2.82. The molecule has 3 fully saturated rings. The SMILES string of the molecule is O=C1COC2(CCN(S(=O)(=O)c3ccc(-c4cc5nccn5cn4)cc3)CC2)CN1C1CC1. The van der Waals surface area contributed by atoms with Crippen molar-refractivity contribution in [2.24, 2.45) is 0 Å². The van der Waals surface area contributed by atoms with Crippen molar-refractivity contribution in [1.82, 2.24) is 23.6 Å². The Morgan fingerprint density at radius 3 is 2.55 bits per heavy atom. The molecule has 3 aromatic rings. The highest BCUT2D eigenvalue weighted by molar-refractivity contribution is 7.89. The Morgan fingerprint density at radius 1 is 1.06 bits per heavy atom. The summed E-state index contributed by atoms with van der Waals surface area (Å²) < 4.78 is 35.9. The number of carbonyl (C=O) groups excluding carboxylic acids is 1. The molecule has 9 nitrogen and oxygen atoms in total. The lowest BCUT2D eigenvalue weighted by molar-refractivity contribution is -0.170. The van der Waals surface area contributed by atoms with Gasteiger partial charge in [0.25, 0.3) is 0 Å². The monoisotopic (exact) mass is 467 g/mol. The van der Waals surface area contributed by atoms with Crippen LogP contribution in [0, 0.1) is 0 Å². The third kappa shape index (κ3) is 3.71. The summed E-state index contributed by atoms with van der Waals surface area (Å²) in [4.78, 5) is 23.1. The van der Waals surface area contributed by atoms with E-state index in [1.807, 2.05) is 21.6 Å². The van der Waals surface area contributed by atoms with Gasteiger partial charge in [-0.2, -0.15) is 4.31 Å². The predicted molar refractivity (Wildman–Crippen MR) is 120 cm³/mol. The van der Waals surface area contributed by atoms with Crippen LogP contribution in [-0.4, -0.2) is 75.8 Å². The number of nitrogens with zero attached hydrogens (tertiary/aromatic N) is 5. The van der Waals surface area contributed by atoms with E-state index in [1.54, 1.807) is 36.8 Å². The summed E-state index contributed by atoms with van der Waals surface area (Å²) in [5, 5.41) is 0. The second-order valence-electron chi connectivity index (χ2n) is 9.12. The van der Waals surface area contributed by atoms with Crippen LogP contribution in [-0.2, 0) is 19.6 Å². The van der Waals surface area contributed by atoms with Crippen molar-refractivity contribution in [2.75, 3.05) is 26.2 Å². The molecule has 1 spiro atoms. The van der Waals surface area contributed by atoms with Crippen molar-refractivity contribution >= 4 is 21.6 Å². The number of aromatic nitrogens is 3. The summed E-state index contributed by atoms with van der Waals surface area (Å²) in [6.45, 7) is 1.44. The Bertz CT molecular complexity index is 1310. The third-order valence-corrected chi connectivity index (χ3v) is 8.89. The smallest absolute Gasteiger partial charge is 0.248 e. The van der Waals surface area contributed by atoms with Gasteiger partial charge in [-0.15, -0.1) is 0 Å². The van der Waals surface area contributed by atoms with Gasteiger partial charge >= 0.3 is 0 Å². The quantitative estimate of drug-likeness (QED) is 0.582. The summed E-state index contributed by atoms with van der Waals surface area (Å²) in [5.74, 6) is 0.0552. The van der Waals surface area contributed by atoms with Gasteiger partial charge in [0.2, 0.25) is 15.9 Å². The van der Waals surface area contributed by atoms with Crippen LogP contribution >= 0.6 is 0 Å². The minimum atomic E-state index is -3.61. The zero-order chi connectivity index (χ0) is 22.6. The van der Waals surface area contributed by atoms with E-state index in [2.05, 4.69) is 9.97 Å². The molecule has 6 rings (SSSR count). The lowest BCUT2D eigenvalue weighted by Crippen LogP contribution is -2.59. The number of piperidine rings is 1. The number of hydrogen-bond donors (Lipinski definition) is 0. The maximum Gasteiger partial charge on any atom is 0.248 e. The van der Waals surface area contributed by atoms with E-state index in [4.69, 9.17) is 4.74 Å². The fraction of sp³-hybridized carbons (Fsp3) is 0.435. The van der Waals surface area contributed by atoms with E-state index >= 15 is 0 Å². The van der Waals surface area contributed by atoms with Crippen LogP contribution in [0.3, 0.4) is 0 Å². The fourth-order valence-corrected chi connectivity index (χ4v) is 6.26. The lowest BCUT2D eigenvalue weighted by atomic mass is 9.90. The summed E-state index contributed by atoms with van der Waals surface area (Å²) in [6, 6.07) is 9.05. The molecule has 2 aromatic heterocycles. The number of imidazole rings is 1. The largest absolute Gasteiger partial charge is 0.363 e. The summed E-state index contributed by atoms with van der Waals surface area (Å²) in [6.07, 6.45) is 8.53. The number of fused-ring (bicyclic) bond motifs is 1. The van der Waals surface area contributed by atoms with Crippen LogP contribution in [0.4, 0.5) is 0 Å². The molecular weight excluding hydrogens is 442 g/mol. The first-order valence-corrected chi connectivity index (χ1v) is 12.7. The average Bonchev–Trinajstić information content (AvgIpc) is 3.57. The summed E-state index contributed by atoms with van der Waals surface area (Å²) in [7, 11) is -3.61. The molecule has 3 aliphatic rings. The minimum absolute atomic E-state index is 0.0552. The molecule has 2 saturated heterocycles. The van der Waals surface area contributed by atoms with Crippen molar-refractivity contribution in [2.45, 2.75) is 42.2 Å². The van der Waals surface area contributed by atoms with Gasteiger partial charge in [-0.25, -0.2) is 18.4 Å². The van der Waals surface area contributed by atoms with Crippen molar-refractivity contribution < 1.29 is 17.9 Å². The van der Waals surface area contributed by atoms with Gasteiger partial charge < -0.3 is 9.64 Å². The van der Waals surface area contributed by atoms with Gasteiger partial charge in [0.05, 0.1) is 22.7 Å². The van der Waals surface area contributed by atoms with Crippen molar-refractivity contribution in [3.05, 3.63) is 49.1 Å². The van der Waals surface area contributed by atoms with E-state index < -0.39 is 15.6 Å². The molecule has 1 amide bonds. The zero-order valence-corrected chi connectivity index (χ0v) is 18.9. The topological polar surface area (TPSA) is 97.1 Å². The van der Waals surface area contributed by atoms with E-state index in [9.17, 15) is 13.2 Å². The second-order valence-corrected chi connectivity index (χ2v) is 11.1. The van der Waals surface area contributed by atoms with Crippen molar-refractivity contribution in [3.63, 3.8) is 0 Å². The average molecular weight is 468 g/mol. The predicted octanol–water partition coefficient (Wildman–Crippen LogP) is 1.94. The van der Waals surface area contributed by atoms with Gasteiger partial charge in [-0.05, 0) is 37.8 Å². The first kappa shape index (κ1) is 20.8. The van der Waals surface area contributed by atoms with E-state index in [0.717, 1.165) is 29.7 Å². The Kier molecular flexibility index (Phi) is 4.79. The first-order chi connectivity index (χ1) is 15.9. The molecule has 2 aliphatic heterocycles. The maximum atomic E-state index is 13.3. The summed E-state index contributed by atoms with van der Waals surface area (Å²) >= 11 is 0. The molecular formula is C23H25N5O4S. The van der Waals surface area contributed by atoms with E-state index in [-0.39, 0.29) is 17.4 Å². The minimum Gasteiger partial charge on any atom is -0.363 e. The molecule has 0 radical (unpaired) electrons. The number of morpholine rings is 1. The molecule has 1 saturated carbocycles. The van der Waals surface area contributed by atoms with Crippen LogP contribution in [0.25, 0.3) is 16.9 Å². The standard InChI is InChI=1S/C23H25N5O4S/c29-22-14-32-23(15-28(22)18-3-4-18)7-10-27(11-8-23)33(30,31)19-5-1-17(2-6-19)20-13-21-24-9-12-26(21)16-25-20/h1-2,5-6,9,12-13,16,18H,3-4,7-8,10-11,14-15H2. The number of ether oxygens (including phenoxy) is 1. The third-order valence-electron chi connectivity index (χ3n) is 6.98. The molecule has 0 atom stereocenters. The van der Waals surface area contributed by atoms with E-state index in [0.29, 0.717) is 38.5 Å². The molecule has 172 valence electrons. The first-order valence-electron chi connectivity index (χ1n) is 11.3. The van der Waals surface area contributed by atoms with Crippen LogP contribution < -0.4 is 0 Å². The molecule has 0 N–H and O–H groups in total. The van der Waals surface area contributed by atoms with E-state index in [1.165, 1.54) is 4.31 Å². The molecule has 10 heteroatoms. The highest BCUT2D eigenvalue weighted by Crippen LogP contribution is 2.37. The number of sulfonamides is 1. The highest BCUT2D eigenvalue weighted by atomic mass is 32.2. The van der Waals surface area contributed by atoms with Gasteiger partial charge in [0.15, 0.2) is 0 Å². The normalized spacial score (nSPS) is 21.7. The van der Waals surface area contributed by atoms with Gasteiger partial charge in [-0.3, -0.25) is 9.20 Å². The number of benzene rings is 1. The molecule has 0 bridgehead atoms. The molecule has 1 aromatic carbocycles. The zero-order valence-electron chi connectivity index (χ0n) is 18.1. The van der Waals surface area contributed by atoms with Gasteiger partial charge in [0, 0.05) is 43.2 Å². The fourth-order valence-electron chi connectivity index (χ4n) is 4.82. The van der Waals surface area contributed by atoms with Crippen LogP contribution in [0.2, 0.25) is 0 Å². The second kappa shape index (κ2) is 7.61. The van der Waals surface area contributed by atoms with Crippen molar-refractivity contribution in [3.8, 4) is 11.3 Å². The van der Waals surface area contributed by atoms with Crippen molar-refractivity contribution in [1.29, 1.82) is 0 Å². The highest BCUT2D eigenvalue weighted by Gasteiger charge is 2.47. The van der Waals surface area contributed by atoms with Crippen LogP contribution in [0.5, 0.6) is 0 Å². The lowest BCUT2D eigenvalue weighted by Gasteiger charge is -2.46. The number of amides is 1. The molecule has 4 heterocycles. The number of rotatable bonds is 4. The van der Waals surface area contributed by atoms with Gasteiger partial charge in [-0.1, -0.05) is 12.1 Å². The number of carbonyl (C=O) groups is 1. The number of hydrogen-bond acceptors (Lipinski definition) is 6. The summed E-state index contributed by atoms with van der Waals surface area (Å²) in [5.41, 5.74) is 1.92. The molecule has 1 aliphatic carbocycles. The Balaban J connectivity index is 1.16. The Morgan fingerprint density at radius 2 is 1.82 bits per heavy atom. The van der Waals surface area contributed by atoms with Crippen LogP contribution in [0.1, 0.15) is 25.7 Å². The van der Waals surface area contributed by atoms with Gasteiger partial charge in [0.1, 0.15) is 18.6 Å². The maximum absolute atomic E-state index is 13.3. The Labute approximate surface area is 192 Å². The van der Waals surface area contributed by atoms with Crippen LogP contribution in [0.15, 0.2) is 53.9 Å². The molecule has 33 heavy (non-hydrogen) atoms.